The molecule has 1 aliphatic heterocycles. The molecule has 7 heteroatoms. The molecule has 1 heterocycles. The molecule has 1 unspecified atom stereocenters. The number of carbonyl (C=O) groups excluding carboxylic acids is 1. The molecule has 1 fully saturated rings. The second-order valence-electron chi connectivity index (χ2n) is 4.80. The maximum atomic E-state index is 13.6. The van der Waals surface area contributed by atoms with Crippen LogP contribution < -0.4 is 10.1 Å². The van der Waals surface area contributed by atoms with E-state index in [9.17, 15) is 9.18 Å². The number of hydrogen-bond acceptors (Lipinski definition) is 3. The first-order chi connectivity index (χ1) is 9.61. The molecule has 21 heavy (non-hydrogen) atoms. The lowest BCUT2D eigenvalue weighted by molar-refractivity contribution is -0.134. The minimum Gasteiger partial charge on any atom is -0.481 e. The highest BCUT2D eigenvalue weighted by molar-refractivity contribution is 9.10. The number of carbonyl (C=O) groups is 1. The summed E-state index contributed by atoms with van der Waals surface area (Å²) in [5, 5.41) is 3.08. The highest BCUT2D eigenvalue weighted by Gasteiger charge is 2.28. The molecule has 1 saturated heterocycles. The van der Waals surface area contributed by atoms with Crippen molar-refractivity contribution in [3.8, 4) is 5.75 Å². The molecule has 1 N–H and O–H groups in total. The smallest absolute Gasteiger partial charge is 0.260 e. The molecule has 0 radical (unpaired) electrons. The van der Waals surface area contributed by atoms with Crippen molar-refractivity contribution < 1.29 is 13.9 Å². The summed E-state index contributed by atoms with van der Waals surface area (Å²) in [5.41, 5.74) is 0. The number of hydrogen-bond donors (Lipinski definition) is 1. The van der Waals surface area contributed by atoms with Gasteiger partial charge in [-0.05, 0) is 38.1 Å². The van der Waals surface area contributed by atoms with Crippen LogP contribution in [0, 0.1) is 5.82 Å². The predicted octanol–water partition coefficient (Wildman–Crippen LogP) is 2.60. The fourth-order valence-electron chi connectivity index (χ4n) is 2.43. The van der Waals surface area contributed by atoms with Gasteiger partial charge in [0, 0.05) is 23.6 Å². The van der Waals surface area contributed by atoms with Crippen molar-refractivity contribution in [3.63, 3.8) is 0 Å². The summed E-state index contributed by atoms with van der Waals surface area (Å²) in [6.45, 7) is 1.40. The van der Waals surface area contributed by atoms with Gasteiger partial charge in [0.25, 0.3) is 5.91 Å². The number of nitrogens with one attached hydrogen (secondary N) is 1. The largest absolute Gasteiger partial charge is 0.481 e. The van der Waals surface area contributed by atoms with Crippen molar-refractivity contribution in [1.29, 1.82) is 0 Å². The van der Waals surface area contributed by atoms with E-state index in [-0.39, 0.29) is 36.7 Å². The van der Waals surface area contributed by atoms with Gasteiger partial charge in [-0.15, -0.1) is 12.4 Å². The zero-order chi connectivity index (χ0) is 14.5. The maximum Gasteiger partial charge on any atom is 0.260 e. The van der Waals surface area contributed by atoms with Crippen LogP contribution in [0.1, 0.15) is 12.8 Å². The van der Waals surface area contributed by atoms with Crippen molar-refractivity contribution >= 4 is 34.2 Å². The van der Waals surface area contributed by atoms with Gasteiger partial charge in [0.05, 0.1) is 0 Å². The van der Waals surface area contributed by atoms with Gasteiger partial charge in [-0.1, -0.05) is 15.9 Å². The van der Waals surface area contributed by atoms with E-state index in [1.54, 1.807) is 6.07 Å². The van der Waals surface area contributed by atoms with Gasteiger partial charge in [0.15, 0.2) is 18.2 Å². The molecule has 1 amide bonds. The van der Waals surface area contributed by atoms with E-state index in [2.05, 4.69) is 21.2 Å². The van der Waals surface area contributed by atoms with Crippen LogP contribution >= 0.6 is 28.3 Å². The van der Waals surface area contributed by atoms with Crippen LogP contribution in [-0.2, 0) is 4.79 Å². The van der Waals surface area contributed by atoms with E-state index in [4.69, 9.17) is 4.74 Å². The van der Waals surface area contributed by atoms with Gasteiger partial charge in [-0.2, -0.15) is 0 Å². The monoisotopic (exact) mass is 380 g/mol. The Morgan fingerprint density at radius 3 is 3.00 bits per heavy atom. The molecule has 1 aromatic rings. The highest BCUT2D eigenvalue weighted by Crippen LogP contribution is 2.22. The predicted molar refractivity (Wildman–Crippen MR) is 85.5 cm³/mol. The molecule has 1 aliphatic rings. The third-order valence-electron chi connectivity index (χ3n) is 3.38. The van der Waals surface area contributed by atoms with Gasteiger partial charge in [-0.25, -0.2) is 4.39 Å². The average Bonchev–Trinajstić information content (AvgIpc) is 2.86. The highest BCUT2D eigenvalue weighted by atomic mass is 79.9. The number of ether oxygens (including phenoxy) is 1. The van der Waals surface area contributed by atoms with Gasteiger partial charge in [0.1, 0.15) is 0 Å². The second kappa shape index (κ2) is 8.56. The summed E-state index contributed by atoms with van der Waals surface area (Å²) in [7, 11) is 1.87. The fraction of sp³-hybridized carbons (Fsp3) is 0.500. The molecule has 118 valence electrons. The summed E-state index contributed by atoms with van der Waals surface area (Å²) in [4.78, 5) is 13.9. The Balaban J connectivity index is 0.00000220. The number of likely N-dealkylation sites (N-methyl/N-ethyl adjacent to an activating group) is 1. The van der Waals surface area contributed by atoms with Crippen LogP contribution in [-0.4, -0.2) is 43.6 Å². The minimum atomic E-state index is -0.472. The molecule has 0 bridgehead atoms. The third-order valence-corrected chi connectivity index (χ3v) is 3.88. The Hall–Kier alpha value is -0.850. The molecule has 2 rings (SSSR count). The quantitative estimate of drug-likeness (QED) is 0.852. The van der Waals surface area contributed by atoms with E-state index >= 15 is 0 Å². The normalized spacial score (nSPS) is 17.5. The molecule has 0 aliphatic carbocycles. The van der Waals surface area contributed by atoms with Gasteiger partial charge >= 0.3 is 0 Å². The van der Waals surface area contributed by atoms with Crippen LogP contribution in [0.4, 0.5) is 4.39 Å². The van der Waals surface area contributed by atoms with E-state index < -0.39 is 5.82 Å². The lowest BCUT2D eigenvalue weighted by Gasteiger charge is -2.24. The maximum absolute atomic E-state index is 13.6. The van der Waals surface area contributed by atoms with Gasteiger partial charge in [-0.3, -0.25) is 4.79 Å². The standard InChI is InChI=1S/C14H18BrFN2O2.ClH/c1-17-8-11-3-2-6-18(11)14(19)9-20-13-5-4-10(15)7-12(13)16;/h4-5,7,11,17H,2-3,6,8-9H2,1H3;1H. The first kappa shape index (κ1) is 18.2. The summed E-state index contributed by atoms with van der Waals surface area (Å²) in [6, 6.07) is 4.73. The van der Waals surface area contributed by atoms with Gasteiger partial charge < -0.3 is 15.0 Å². The van der Waals surface area contributed by atoms with Gasteiger partial charge in [0.2, 0.25) is 0 Å². The number of amides is 1. The Morgan fingerprint density at radius 2 is 2.33 bits per heavy atom. The Labute approximate surface area is 138 Å². The first-order valence-corrected chi connectivity index (χ1v) is 7.43. The van der Waals surface area contributed by atoms with Crippen LogP contribution in [0.15, 0.2) is 22.7 Å². The summed E-state index contributed by atoms with van der Waals surface area (Å²) < 4.78 is 19.5. The number of benzene rings is 1. The lowest BCUT2D eigenvalue weighted by Crippen LogP contribution is -2.43. The van der Waals surface area contributed by atoms with Crippen molar-refractivity contribution in [3.05, 3.63) is 28.5 Å². The van der Waals surface area contributed by atoms with Crippen LogP contribution in [0.2, 0.25) is 0 Å². The molecular formula is C14H19BrClFN2O2. The van der Waals surface area contributed by atoms with Crippen LogP contribution in [0.5, 0.6) is 5.75 Å². The molecule has 0 spiro atoms. The Morgan fingerprint density at radius 1 is 1.57 bits per heavy atom. The Kier molecular flexibility index (Phi) is 7.42. The molecule has 0 saturated carbocycles. The SMILES string of the molecule is CNCC1CCCN1C(=O)COc1ccc(Br)cc1F.Cl. The van der Waals surface area contributed by atoms with E-state index in [1.165, 1.54) is 12.1 Å². The lowest BCUT2D eigenvalue weighted by atomic mass is 10.2. The van der Waals surface area contributed by atoms with Crippen LogP contribution in [0.25, 0.3) is 0 Å². The second-order valence-corrected chi connectivity index (χ2v) is 5.72. The molecular weight excluding hydrogens is 363 g/mol. The molecule has 1 atom stereocenters. The van der Waals surface area contributed by atoms with Crippen LogP contribution in [0.3, 0.4) is 0 Å². The summed E-state index contributed by atoms with van der Waals surface area (Å²) >= 11 is 3.18. The number of halogens is 3. The molecule has 4 nitrogen and oxygen atoms in total. The zero-order valence-electron chi connectivity index (χ0n) is 11.8. The molecule has 1 aromatic carbocycles. The minimum absolute atomic E-state index is 0. The van der Waals surface area contributed by atoms with Crippen molar-refractivity contribution in [1.82, 2.24) is 10.2 Å². The van der Waals surface area contributed by atoms with E-state index in [0.29, 0.717) is 4.47 Å². The topological polar surface area (TPSA) is 41.6 Å². The summed E-state index contributed by atoms with van der Waals surface area (Å²) in [5.74, 6) is -0.462. The third kappa shape index (κ3) is 4.83. The average molecular weight is 382 g/mol. The Bertz CT molecular complexity index is 490. The van der Waals surface area contributed by atoms with Crippen molar-refractivity contribution in [2.45, 2.75) is 18.9 Å². The van der Waals surface area contributed by atoms with Crippen molar-refractivity contribution in [2.75, 3.05) is 26.7 Å². The first-order valence-electron chi connectivity index (χ1n) is 6.63. The van der Waals surface area contributed by atoms with E-state index in [1.807, 2.05) is 11.9 Å². The van der Waals surface area contributed by atoms with Crippen molar-refractivity contribution in [2.24, 2.45) is 0 Å². The van der Waals surface area contributed by atoms with E-state index in [0.717, 1.165) is 25.9 Å². The number of likely N-dealkylation sites (tertiary alicyclic amines) is 1. The number of nitrogens with zero attached hydrogens (tertiary/aromatic N) is 1. The zero-order valence-corrected chi connectivity index (χ0v) is 14.2. The number of rotatable bonds is 5. The fourth-order valence-corrected chi connectivity index (χ4v) is 2.76. The molecule has 0 aromatic heterocycles. The summed E-state index contributed by atoms with van der Waals surface area (Å²) in [6.07, 6.45) is 2.00.